The molecule has 5 aromatic rings. The second-order valence-corrected chi connectivity index (χ2v) is 9.93. The lowest BCUT2D eigenvalue weighted by Crippen LogP contribution is -2.18. The molecule has 0 radical (unpaired) electrons. The summed E-state index contributed by atoms with van der Waals surface area (Å²) in [5.74, 6) is -0.0531. The van der Waals surface area contributed by atoms with E-state index in [-0.39, 0.29) is 23.5 Å². The highest BCUT2D eigenvalue weighted by Crippen LogP contribution is 2.33. The summed E-state index contributed by atoms with van der Waals surface area (Å²) in [6, 6.07) is 20.2. The summed E-state index contributed by atoms with van der Waals surface area (Å²) < 4.78 is 16.7. The molecule has 0 saturated heterocycles. The van der Waals surface area contributed by atoms with Gasteiger partial charge in [0.2, 0.25) is 11.7 Å². The van der Waals surface area contributed by atoms with Crippen LogP contribution in [0.2, 0.25) is 0 Å². The molecule has 7 heteroatoms. The number of hydrogen-bond donors (Lipinski definition) is 2. The summed E-state index contributed by atoms with van der Waals surface area (Å²) in [4.78, 5) is 26.4. The molecule has 37 heavy (non-hydrogen) atoms. The Kier molecular flexibility index (Phi) is 6.21. The Morgan fingerprint density at radius 1 is 0.892 bits per heavy atom. The molecule has 2 aromatic heterocycles. The molecule has 0 aliphatic rings. The Bertz CT molecular complexity index is 1600. The van der Waals surface area contributed by atoms with Crippen LogP contribution in [0.4, 0.5) is 11.4 Å². The fourth-order valence-corrected chi connectivity index (χ4v) is 4.23. The van der Waals surface area contributed by atoms with E-state index in [2.05, 4.69) is 37.5 Å². The van der Waals surface area contributed by atoms with E-state index in [9.17, 15) is 9.59 Å². The van der Waals surface area contributed by atoms with Crippen molar-refractivity contribution in [3.05, 3.63) is 89.9 Å². The van der Waals surface area contributed by atoms with Gasteiger partial charge in [0.15, 0.2) is 0 Å². The number of rotatable bonds is 6. The minimum Gasteiger partial charge on any atom is -0.497 e. The number of carbonyl (C=O) groups excluding carboxylic acids is 2. The average molecular weight is 497 g/mol. The smallest absolute Gasteiger partial charge is 0.293 e. The van der Waals surface area contributed by atoms with Crippen molar-refractivity contribution in [2.24, 2.45) is 0 Å². The van der Waals surface area contributed by atoms with Crippen LogP contribution in [0, 0.1) is 0 Å². The van der Waals surface area contributed by atoms with Gasteiger partial charge in [-0.2, -0.15) is 0 Å². The first kappa shape index (κ1) is 24.2. The molecule has 0 aliphatic heterocycles. The van der Waals surface area contributed by atoms with Gasteiger partial charge in [0.25, 0.3) is 5.91 Å². The molecule has 5 rings (SSSR count). The Hall–Kier alpha value is -4.52. The average Bonchev–Trinajstić information content (AvgIpc) is 3.45. The minimum atomic E-state index is -0.472. The molecule has 3 aromatic carbocycles. The van der Waals surface area contributed by atoms with Crippen LogP contribution in [0.25, 0.3) is 21.9 Å². The van der Waals surface area contributed by atoms with E-state index in [1.807, 2.05) is 30.3 Å². The Balaban J connectivity index is 1.42. The van der Waals surface area contributed by atoms with Crippen molar-refractivity contribution in [1.29, 1.82) is 0 Å². The highest BCUT2D eigenvalue weighted by atomic mass is 16.5. The lowest BCUT2D eigenvalue weighted by molar-refractivity contribution is -0.115. The van der Waals surface area contributed by atoms with Gasteiger partial charge in [0, 0.05) is 22.0 Å². The topological polar surface area (TPSA) is 93.7 Å². The number of methoxy groups -OCH3 is 1. The zero-order chi connectivity index (χ0) is 26.2. The number of ether oxygens (including phenoxy) is 1. The number of nitrogens with one attached hydrogen (secondary N) is 2. The van der Waals surface area contributed by atoms with Gasteiger partial charge in [-0.25, -0.2) is 0 Å². The van der Waals surface area contributed by atoms with E-state index in [1.165, 1.54) is 0 Å². The second-order valence-electron chi connectivity index (χ2n) is 9.93. The molecule has 2 amide bonds. The highest BCUT2D eigenvalue weighted by molar-refractivity contribution is 6.14. The summed E-state index contributed by atoms with van der Waals surface area (Å²) in [5.41, 5.74) is 4.02. The molecule has 0 bridgehead atoms. The summed E-state index contributed by atoms with van der Waals surface area (Å²) in [6.07, 6.45) is 1.70. The Morgan fingerprint density at radius 2 is 1.65 bits per heavy atom. The van der Waals surface area contributed by atoms with Crippen LogP contribution in [0.3, 0.4) is 0 Å². The molecule has 0 saturated carbocycles. The number of amides is 2. The van der Waals surface area contributed by atoms with E-state index in [0.717, 1.165) is 22.1 Å². The van der Waals surface area contributed by atoms with Crippen molar-refractivity contribution in [2.45, 2.75) is 32.6 Å². The second kappa shape index (κ2) is 9.50. The van der Waals surface area contributed by atoms with E-state index < -0.39 is 5.91 Å². The summed E-state index contributed by atoms with van der Waals surface area (Å²) >= 11 is 0. The van der Waals surface area contributed by atoms with E-state index >= 15 is 0 Å². The van der Waals surface area contributed by atoms with Crippen LogP contribution < -0.4 is 15.4 Å². The predicted octanol–water partition coefficient (Wildman–Crippen LogP) is 6.92. The fraction of sp³-hybridized carbons (Fsp3) is 0.200. The van der Waals surface area contributed by atoms with Gasteiger partial charge >= 0.3 is 0 Å². The van der Waals surface area contributed by atoms with Gasteiger partial charge < -0.3 is 24.2 Å². The van der Waals surface area contributed by atoms with Crippen molar-refractivity contribution < 1.29 is 23.2 Å². The number of anilines is 2. The lowest BCUT2D eigenvalue weighted by Gasteiger charge is -2.18. The summed E-state index contributed by atoms with van der Waals surface area (Å²) in [6.45, 7) is 6.43. The van der Waals surface area contributed by atoms with Crippen LogP contribution in [0.5, 0.6) is 5.75 Å². The summed E-state index contributed by atoms with van der Waals surface area (Å²) in [7, 11) is 1.58. The maximum absolute atomic E-state index is 13.2. The maximum Gasteiger partial charge on any atom is 0.293 e. The number of furan rings is 2. The molecule has 188 valence electrons. The molecular formula is C30H28N2O5. The first-order chi connectivity index (χ1) is 17.7. The molecule has 2 N–H and O–H groups in total. The number of benzene rings is 3. The van der Waals surface area contributed by atoms with Gasteiger partial charge in [0.1, 0.15) is 22.6 Å². The zero-order valence-corrected chi connectivity index (χ0v) is 21.2. The molecule has 0 aliphatic carbocycles. The molecule has 0 unspecified atom stereocenters. The van der Waals surface area contributed by atoms with Gasteiger partial charge in [-0.1, -0.05) is 39.0 Å². The highest BCUT2D eigenvalue weighted by Gasteiger charge is 2.23. The van der Waals surface area contributed by atoms with E-state index in [0.29, 0.717) is 28.1 Å². The van der Waals surface area contributed by atoms with Crippen molar-refractivity contribution >= 4 is 45.1 Å². The van der Waals surface area contributed by atoms with Crippen LogP contribution >= 0.6 is 0 Å². The Morgan fingerprint density at radius 3 is 2.38 bits per heavy atom. The number of carbonyl (C=O) groups is 2. The third kappa shape index (κ3) is 4.93. The lowest BCUT2D eigenvalue weighted by atomic mass is 9.86. The predicted molar refractivity (Wildman–Crippen MR) is 144 cm³/mol. The van der Waals surface area contributed by atoms with Gasteiger partial charge in [-0.05, 0) is 59.5 Å². The fourth-order valence-electron chi connectivity index (χ4n) is 4.23. The van der Waals surface area contributed by atoms with Gasteiger partial charge in [-0.3, -0.25) is 9.59 Å². The molecule has 2 heterocycles. The molecule has 0 spiro atoms. The third-order valence-electron chi connectivity index (χ3n) is 6.28. The first-order valence-electron chi connectivity index (χ1n) is 12.0. The van der Waals surface area contributed by atoms with Gasteiger partial charge in [0.05, 0.1) is 19.8 Å². The van der Waals surface area contributed by atoms with Crippen molar-refractivity contribution in [2.75, 3.05) is 17.7 Å². The molecule has 0 fully saturated rings. The van der Waals surface area contributed by atoms with Crippen molar-refractivity contribution in [3.8, 4) is 5.75 Å². The first-order valence-corrected chi connectivity index (χ1v) is 12.0. The van der Waals surface area contributed by atoms with Crippen LogP contribution in [-0.2, 0) is 16.6 Å². The Labute approximate surface area is 214 Å². The molecular weight excluding hydrogens is 468 g/mol. The zero-order valence-electron chi connectivity index (χ0n) is 21.2. The van der Waals surface area contributed by atoms with Crippen molar-refractivity contribution in [1.82, 2.24) is 0 Å². The summed E-state index contributed by atoms with van der Waals surface area (Å²) in [5, 5.41) is 7.27. The number of fused-ring (bicyclic) bond motifs is 2. The van der Waals surface area contributed by atoms with E-state index in [4.69, 9.17) is 13.6 Å². The van der Waals surface area contributed by atoms with Crippen LogP contribution in [-0.4, -0.2) is 18.9 Å². The number of hydrogen-bond acceptors (Lipinski definition) is 5. The van der Waals surface area contributed by atoms with Crippen LogP contribution in [0.15, 0.2) is 81.8 Å². The standard InChI is InChI=1S/C30H28N2O5/c1-30(2,3)19-9-14-24-23(16-19)18(17-36-24)15-26(33)32-27-22-7-5-6-8-25(22)37-28(27)29(34)31-20-10-12-21(35-4)13-11-20/h5-14,16-17H,15H2,1-4H3,(H,31,34)(H,32,33). The largest absolute Gasteiger partial charge is 0.497 e. The maximum atomic E-state index is 13.2. The SMILES string of the molecule is COc1ccc(NC(=O)c2oc3ccccc3c2NC(=O)Cc2coc3ccc(C(C)(C)C)cc23)cc1. The van der Waals surface area contributed by atoms with Crippen LogP contribution in [0.1, 0.15) is 42.5 Å². The molecule has 7 nitrogen and oxygen atoms in total. The van der Waals surface area contributed by atoms with E-state index in [1.54, 1.807) is 43.7 Å². The van der Waals surface area contributed by atoms with Crippen molar-refractivity contribution in [3.63, 3.8) is 0 Å². The van der Waals surface area contributed by atoms with Gasteiger partial charge in [-0.15, -0.1) is 0 Å². The molecule has 0 atom stereocenters. The number of para-hydroxylation sites is 1. The minimum absolute atomic E-state index is 0.0254. The third-order valence-corrected chi connectivity index (χ3v) is 6.28. The monoisotopic (exact) mass is 496 g/mol. The normalized spacial score (nSPS) is 11.6. The quantitative estimate of drug-likeness (QED) is 0.266.